The third-order valence-electron chi connectivity index (χ3n) is 3.68. The molecule has 16 heavy (non-hydrogen) atoms. The summed E-state index contributed by atoms with van der Waals surface area (Å²) in [5, 5.41) is 3.50. The van der Waals surface area contributed by atoms with Crippen LogP contribution in [0.2, 0.25) is 0 Å². The number of hydrogen-bond donors (Lipinski definition) is 1. The molecule has 0 amide bonds. The molecule has 0 aromatic heterocycles. The lowest BCUT2D eigenvalue weighted by molar-refractivity contribution is -0.144. The number of rotatable bonds is 5. The van der Waals surface area contributed by atoms with Gasteiger partial charge in [-0.2, -0.15) is 0 Å². The molecule has 1 saturated carbocycles. The Morgan fingerprint density at radius 3 is 2.88 bits per heavy atom. The van der Waals surface area contributed by atoms with Crippen LogP contribution in [0.15, 0.2) is 0 Å². The molecule has 94 valence electrons. The van der Waals surface area contributed by atoms with E-state index in [9.17, 15) is 4.79 Å². The second kappa shape index (κ2) is 6.89. The molecule has 3 atom stereocenters. The predicted octanol–water partition coefficient (Wildman–Crippen LogP) is 2.35. The molecule has 1 fully saturated rings. The Morgan fingerprint density at radius 2 is 2.25 bits per heavy atom. The smallest absolute Gasteiger partial charge is 0.309 e. The van der Waals surface area contributed by atoms with Gasteiger partial charge in [0.05, 0.1) is 13.0 Å². The van der Waals surface area contributed by atoms with Crippen LogP contribution in [0.5, 0.6) is 0 Å². The lowest BCUT2D eigenvalue weighted by atomic mass is 9.84. The van der Waals surface area contributed by atoms with E-state index in [-0.39, 0.29) is 11.9 Å². The molecular weight excluding hydrogens is 202 g/mol. The van der Waals surface area contributed by atoms with E-state index in [0.29, 0.717) is 6.04 Å². The Labute approximate surface area is 98.9 Å². The van der Waals surface area contributed by atoms with Crippen molar-refractivity contribution in [3.63, 3.8) is 0 Å². The fourth-order valence-corrected chi connectivity index (χ4v) is 2.48. The summed E-state index contributed by atoms with van der Waals surface area (Å²) in [4.78, 5) is 11.2. The average molecular weight is 227 g/mol. The number of carbonyl (C=O) groups excluding carboxylic acids is 1. The normalized spacial score (nSPS) is 27.4. The molecule has 3 nitrogen and oxygen atoms in total. The zero-order valence-corrected chi connectivity index (χ0v) is 10.8. The summed E-state index contributed by atoms with van der Waals surface area (Å²) < 4.78 is 4.72. The molecule has 0 aromatic carbocycles. The number of nitrogens with one attached hydrogen (secondary N) is 1. The first-order valence-corrected chi connectivity index (χ1v) is 6.48. The van der Waals surface area contributed by atoms with Gasteiger partial charge >= 0.3 is 5.97 Å². The molecule has 0 bridgehead atoms. The topological polar surface area (TPSA) is 38.3 Å². The quantitative estimate of drug-likeness (QED) is 0.733. The predicted molar refractivity (Wildman–Crippen MR) is 65.2 cm³/mol. The SMILES string of the molecule is CCC1CCCC(NCC(C)C(=O)OC)C1. The Balaban J connectivity index is 2.24. The van der Waals surface area contributed by atoms with Crippen molar-refractivity contribution in [2.24, 2.45) is 11.8 Å². The third kappa shape index (κ3) is 4.12. The van der Waals surface area contributed by atoms with Crippen molar-refractivity contribution in [3.05, 3.63) is 0 Å². The molecule has 0 radical (unpaired) electrons. The fraction of sp³-hybridized carbons (Fsp3) is 0.923. The minimum atomic E-state index is -0.115. The fourth-order valence-electron chi connectivity index (χ4n) is 2.48. The maximum Gasteiger partial charge on any atom is 0.309 e. The van der Waals surface area contributed by atoms with Gasteiger partial charge in [0, 0.05) is 12.6 Å². The van der Waals surface area contributed by atoms with Gasteiger partial charge in [0.25, 0.3) is 0 Å². The molecule has 0 aliphatic heterocycles. The summed E-state index contributed by atoms with van der Waals surface area (Å²) >= 11 is 0. The van der Waals surface area contributed by atoms with Crippen LogP contribution in [0.3, 0.4) is 0 Å². The first-order chi connectivity index (χ1) is 7.67. The average Bonchev–Trinajstić information content (AvgIpc) is 2.35. The first kappa shape index (κ1) is 13.5. The van der Waals surface area contributed by atoms with Crippen molar-refractivity contribution in [1.82, 2.24) is 5.32 Å². The van der Waals surface area contributed by atoms with Crippen LogP contribution in [0.4, 0.5) is 0 Å². The molecule has 0 heterocycles. The maximum absolute atomic E-state index is 11.2. The van der Waals surface area contributed by atoms with Crippen molar-refractivity contribution in [2.45, 2.75) is 52.0 Å². The highest BCUT2D eigenvalue weighted by molar-refractivity contribution is 5.72. The number of methoxy groups -OCH3 is 1. The van der Waals surface area contributed by atoms with Gasteiger partial charge in [-0.1, -0.05) is 33.1 Å². The van der Waals surface area contributed by atoms with Crippen molar-refractivity contribution in [2.75, 3.05) is 13.7 Å². The zero-order valence-electron chi connectivity index (χ0n) is 10.8. The first-order valence-electron chi connectivity index (χ1n) is 6.48. The van der Waals surface area contributed by atoms with E-state index < -0.39 is 0 Å². The van der Waals surface area contributed by atoms with Crippen LogP contribution >= 0.6 is 0 Å². The van der Waals surface area contributed by atoms with E-state index >= 15 is 0 Å². The Hall–Kier alpha value is -0.570. The molecule has 3 unspecified atom stereocenters. The van der Waals surface area contributed by atoms with Crippen LogP contribution in [0.25, 0.3) is 0 Å². The molecule has 1 aliphatic rings. The van der Waals surface area contributed by atoms with Crippen LogP contribution in [-0.2, 0) is 9.53 Å². The van der Waals surface area contributed by atoms with Crippen LogP contribution in [0, 0.1) is 11.8 Å². The lowest BCUT2D eigenvalue weighted by Gasteiger charge is -2.29. The van der Waals surface area contributed by atoms with Crippen LogP contribution in [0.1, 0.15) is 46.0 Å². The molecule has 0 saturated heterocycles. The van der Waals surface area contributed by atoms with E-state index in [1.54, 1.807) is 0 Å². The van der Waals surface area contributed by atoms with Crippen molar-refractivity contribution >= 4 is 5.97 Å². The number of hydrogen-bond acceptors (Lipinski definition) is 3. The Kier molecular flexibility index (Phi) is 5.81. The summed E-state index contributed by atoms with van der Waals surface area (Å²) in [6.45, 7) is 4.93. The van der Waals surface area contributed by atoms with Crippen molar-refractivity contribution in [3.8, 4) is 0 Å². The van der Waals surface area contributed by atoms with E-state index in [4.69, 9.17) is 4.74 Å². The highest BCUT2D eigenvalue weighted by Gasteiger charge is 2.21. The summed E-state index contributed by atoms with van der Waals surface area (Å²) in [6, 6.07) is 0.603. The van der Waals surface area contributed by atoms with Crippen molar-refractivity contribution in [1.29, 1.82) is 0 Å². The Bertz CT molecular complexity index is 218. The number of esters is 1. The van der Waals surface area contributed by atoms with Gasteiger partial charge in [-0.3, -0.25) is 4.79 Å². The van der Waals surface area contributed by atoms with Crippen molar-refractivity contribution < 1.29 is 9.53 Å². The molecular formula is C13H25NO2. The van der Waals surface area contributed by atoms with Gasteiger partial charge in [0.15, 0.2) is 0 Å². The molecule has 3 heteroatoms. The molecule has 0 aromatic rings. The van der Waals surface area contributed by atoms with Gasteiger partial charge in [-0.05, 0) is 18.8 Å². The monoisotopic (exact) mass is 227 g/mol. The van der Waals surface area contributed by atoms with E-state index in [0.717, 1.165) is 12.5 Å². The highest BCUT2D eigenvalue weighted by atomic mass is 16.5. The number of ether oxygens (including phenoxy) is 1. The Morgan fingerprint density at radius 1 is 1.50 bits per heavy atom. The summed E-state index contributed by atoms with van der Waals surface area (Å²) in [5.74, 6) is 0.724. The second-order valence-corrected chi connectivity index (χ2v) is 4.97. The van der Waals surface area contributed by atoms with Gasteiger partial charge in [0.2, 0.25) is 0 Å². The largest absolute Gasteiger partial charge is 0.469 e. The molecule has 1 aliphatic carbocycles. The summed E-state index contributed by atoms with van der Waals surface area (Å²) in [5.41, 5.74) is 0. The van der Waals surface area contributed by atoms with E-state index in [1.807, 2.05) is 6.92 Å². The summed E-state index contributed by atoms with van der Waals surface area (Å²) in [6.07, 6.45) is 6.50. The highest BCUT2D eigenvalue weighted by Crippen LogP contribution is 2.26. The molecule has 1 N–H and O–H groups in total. The maximum atomic E-state index is 11.2. The summed E-state index contributed by atoms with van der Waals surface area (Å²) in [7, 11) is 1.45. The zero-order chi connectivity index (χ0) is 12.0. The second-order valence-electron chi connectivity index (χ2n) is 4.97. The standard InChI is InChI=1S/C13H25NO2/c1-4-11-6-5-7-12(8-11)14-9-10(2)13(15)16-3/h10-12,14H,4-9H2,1-3H3. The van der Waals surface area contributed by atoms with Crippen LogP contribution in [-0.4, -0.2) is 25.7 Å². The van der Waals surface area contributed by atoms with Crippen LogP contribution < -0.4 is 5.32 Å². The van der Waals surface area contributed by atoms with Gasteiger partial charge in [-0.25, -0.2) is 0 Å². The minimum absolute atomic E-state index is 0.0352. The lowest BCUT2D eigenvalue weighted by Crippen LogP contribution is -2.38. The van der Waals surface area contributed by atoms with Gasteiger partial charge in [-0.15, -0.1) is 0 Å². The van der Waals surface area contributed by atoms with E-state index in [1.165, 1.54) is 39.2 Å². The van der Waals surface area contributed by atoms with E-state index in [2.05, 4.69) is 12.2 Å². The molecule has 0 spiro atoms. The minimum Gasteiger partial charge on any atom is -0.469 e. The van der Waals surface area contributed by atoms with Gasteiger partial charge < -0.3 is 10.1 Å². The van der Waals surface area contributed by atoms with Gasteiger partial charge in [0.1, 0.15) is 0 Å². The third-order valence-corrected chi connectivity index (χ3v) is 3.68. The number of carbonyl (C=O) groups is 1. The molecule has 1 rings (SSSR count).